The highest BCUT2D eigenvalue weighted by molar-refractivity contribution is 7.80. The van der Waals surface area contributed by atoms with E-state index in [1.165, 1.54) is 44.3 Å². The number of nitrogens with zero attached hydrogens (tertiary/aromatic N) is 1. The molecule has 0 aliphatic heterocycles. The molecule has 0 heterocycles. The number of carbonyl (C=O) groups is 3. The lowest BCUT2D eigenvalue weighted by atomic mass is 10.00. The molecule has 0 aliphatic carbocycles. The molecule has 2 N–H and O–H groups in total. The highest BCUT2D eigenvalue weighted by Crippen LogP contribution is 2.26. The zero-order valence-electron chi connectivity index (χ0n) is 23.5. The molecule has 0 saturated heterocycles. The highest BCUT2D eigenvalue weighted by atomic mass is 32.1. The number of carbonyl (C=O) groups excluding carboxylic acids is 3. The van der Waals surface area contributed by atoms with Crippen molar-refractivity contribution in [3.63, 3.8) is 0 Å². The van der Waals surface area contributed by atoms with Gasteiger partial charge in [-0.3, -0.25) is 14.4 Å². The van der Waals surface area contributed by atoms with Crippen LogP contribution in [0.3, 0.4) is 0 Å². The first-order chi connectivity index (χ1) is 18.5. The maximum atomic E-state index is 13.6. The van der Waals surface area contributed by atoms with Gasteiger partial charge in [0.1, 0.15) is 12.6 Å². The molecule has 226 valence electrons. The van der Waals surface area contributed by atoms with E-state index in [0.29, 0.717) is 17.7 Å². The topological polar surface area (TPSA) is 95.9 Å². The van der Waals surface area contributed by atoms with E-state index in [1.54, 1.807) is 6.08 Å². The number of amides is 2. The second kappa shape index (κ2) is 21.8. The van der Waals surface area contributed by atoms with E-state index >= 15 is 0 Å². The van der Waals surface area contributed by atoms with Gasteiger partial charge in [-0.05, 0) is 19.3 Å². The normalized spacial score (nSPS) is 14.4. The summed E-state index contributed by atoms with van der Waals surface area (Å²) in [5.74, 6) is -4.56. The van der Waals surface area contributed by atoms with E-state index in [9.17, 15) is 32.7 Å². The number of esters is 1. The number of nitrogens with one attached hydrogen (secondary N) is 1. The fourth-order valence-corrected chi connectivity index (χ4v) is 4.36. The molecule has 0 fully saturated rings. The first-order valence-electron chi connectivity index (χ1n) is 13.9. The van der Waals surface area contributed by atoms with E-state index in [2.05, 4.69) is 29.6 Å². The first kappa shape index (κ1) is 37.0. The number of aliphatic hydroxyl groups is 1. The third kappa shape index (κ3) is 16.0. The van der Waals surface area contributed by atoms with Gasteiger partial charge in [0.25, 0.3) is 0 Å². The third-order valence-corrected chi connectivity index (χ3v) is 6.62. The van der Waals surface area contributed by atoms with E-state index in [0.717, 1.165) is 32.8 Å². The molecule has 7 nitrogen and oxygen atoms in total. The number of methoxy groups -OCH3 is 1. The minimum Gasteiger partial charge on any atom is -0.468 e. The Labute approximate surface area is 237 Å². The summed E-state index contributed by atoms with van der Waals surface area (Å²) in [6.45, 7) is 3.46. The van der Waals surface area contributed by atoms with Gasteiger partial charge in [0, 0.05) is 5.75 Å². The van der Waals surface area contributed by atoms with E-state index in [1.807, 2.05) is 13.0 Å². The monoisotopic (exact) mass is 580 g/mol. The van der Waals surface area contributed by atoms with Gasteiger partial charge >= 0.3 is 18.1 Å². The number of halogens is 3. The summed E-state index contributed by atoms with van der Waals surface area (Å²) < 4.78 is 45.4. The Morgan fingerprint density at radius 2 is 1.56 bits per heavy atom. The average molecular weight is 581 g/mol. The van der Waals surface area contributed by atoms with Crippen LogP contribution in [0.2, 0.25) is 0 Å². The van der Waals surface area contributed by atoms with Crippen LogP contribution in [0.25, 0.3) is 0 Å². The Kier molecular flexibility index (Phi) is 20.6. The molecule has 0 aromatic carbocycles. The fraction of sp³-hybridized carbons (Fsp3) is 0.750. The van der Waals surface area contributed by atoms with E-state index in [-0.39, 0.29) is 6.42 Å². The lowest BCUT2D eigenvalue weighted by Gasteiger charge is -2.38. The number of thiol groups is 1. The first-order valence-corrected chi connectivity index (χ1v) is 14.5. The molecular formula is C28H47F3N2O5S. The van der Waals surface area contributed by atoms with Gasteiger partial charge < -0.3 is 20.1 Å². The summed E-state index contributed by atoms with van der Waals surface area (Å²) in [4.78, 5) is 37.0. The number of aliphatic hydroxyl groups excluding tert-OH is 1. The Bertz CT molecular complexity index is 762. The molecule has 0 aromatic heterocycles. The number of alkyl halides is 3. The zero-order valence-corrected chi connectivity index (χ0v) is 24.4. The largest absolute Gasteiger partial charge is 0.471 e. The van der Waals surface area contributed by atoms with Crippen LogP contribution in [-0.4, -0.2) is 71.6 Å². The van der Waals surface area contributed by atoms with Crippen molar-refractivity contribution in [2.75, 3.05) is 19.4 Å². The standard InChI is InChI=1S/C28H47F3N2O5S/c1-4-6-8-9-10-11-12-13-14-15-16-17-18-22(24(34)19-7-5-2)33(27(37)28(29,30)31)23(21-39)26(36)32-20-25(35)38-3/h15-18,22-24,34,39H,4-14,19-21H2,1-3H3,(H,32,36)/b16-15-,18-17+/t22?,23-,24-/m0/s1. The predicted octanol–water partition coefficient (Wildman–Crippen LogP) is 5.53. The maximum absolute atomic E-state index is 13.6. The molecule has 0 aliphatic rings. The Hall–Kier alpha value is -2.01. The highest BCUT2D eigenvalue weighted by Gasteiger charge is 2.49. The molecule has 3 atom stereocenters. The molecular weight excluding hydrogens is 533 g/mol. The third-order valence-electron chi connectivity index (χ3n) is 6.27. The van der Waals surface area contributed by atoms with Crippen molar-refractivity contribution in [2.24, 2.45) is 0 Å². The van der Waals surface area contributed by atoms with Gasteiger partial charge in [0.05, 0.1) is 19.3 Å². The molecule has 0 saturated carbocycles. The lowest BCUT2D eigenvalue weighted by Crippen LogP contribution is -2.60. The molecule has 11 heteroatoms. The smallest absolute Gasteiger partial charge is 0.468 e. The average Bonchev–Trinajstić information content (AvgIpc) is 2.90. The van der Waals surface area contributed by atoms with Gasteiger partial charge in [-0.15, -0.1) is 0 Å². The second-order valence-corrected chi connectivity index (χ2v) is 9.84. The summed E-state index contributed by atoms with van der Waals surface area (Å²) in [5.41, 5.74) is 0. The van der Waals surface area contributed by atoms with Crippen LogP contribution >= 0.6 is 12.6 Å². The number of hydrogen-bond acceptors (Lipinski definition) is 6. The van der Waals surface area contributed by atoms with Crippen LogP contribution in [0.4, 0.5) is 13.2 Å². The Balaban J connectivity index is 5.63. The van der Waals surface area contributed by atoms with Crippen molar-refractivity contribution in [1.29, 1.82) is 0 Å². The van der Waals surface area contributed by atoms with Crippen LogP contribution in [0, 0.1) is 0 Å². The molecule has 2 amide bonds. The summed E-state index contributed by atoms with van der Waals surface area (Å²) in [7, 11) is 1.09. The fourth-order valence-electron chi connectivity index (χ4n) is 4.02. The van der Waals surface area contributed by atoms with Crippen molar-refractivity contribution in [1.82, 2.24) is 10.2 Å². The Morgan fingerprint density at radius 1 is 0.974 bits per heavy atom. The molecule has 0 aromatic rings. The van der Waals surface area contributed by atoms with Crippen LogP contribution in [0.15, 0.2) is 24.3 Å². The number of ether oxygens (including phenoxy) is 1. The van der Waals surface area contributed by atoms with E-state index in [4.69, 9.17) is 0 Å². The predicted molar refractivity (Wildman–Crippen MR) is 150 cm³/mol. The van der Waals surface area contributed by atoms with Crippen molar-refractivity contribution >= 4 is 30.4 Å². The maximum Gasteiger partial charge on any atom is 0.471 e. The second-order valence-electron chi connectivity index (χ2n) is 9.48. The van der Waals surface area contributed by atoms with Crippen LogP contribution in [-0.2, 0) is 19.1 Å². The molecule has 0 spiro atoms. The number of allylic oxidation sites excluding steroid dienone is 3. The molecule has 0 bridgehead atoms. The van der Waals surface area contributed by atoms with E-state index < -0.39 is 54.4 Å². The van der Waals surface area contributed by atoms with Crippen LogP contribution in [0.1, 0.15) is 90.9 Å². The summed E-state index contributed by atoms with van der Waals surface area (Å²) in [5, 5.41) is 13.0. The summed E-state index contributed by atoms with van der Waals surface area (Å²) in [6, 6.07) is -3.14. The van der Waals surface area contributed by atoms with Gasteiger partial charge in [-0.2, -0.15) is 25.8 Å². The SMILES string of the molecule is CCCCCCCCCC/C=C\C=C\C([C@@H](O)CCCC)N(C(=O)C(F)(F)F)[C@@H](CS)C(=O)NCC(=O)OC. The van der Waals surface area contributed by atoms with Crippen molar-refractivity contribution < 1.29 is 37.4 Å². The van der Waals surface area contributed by atoms with Crippen molar-refractivity contribution in [3.8, 4) is 0 Å². The Morgan fingerprint density at radius 3 is 2.10 bits per heavy atom. The van der Waals surface area contributed by atoms with Crippen LogP contribution < -0.4 is 5.32 Å². The number of hydrogen-bond donors (Lipinski definition) is 3. The molecule has 0 rings (SSSR count). The number of rotatable bonds is 21. The van der Waals surface area contributed by atoms with Gasteiger partial charge in [0.15, 0.2) is 0 Å². The van der Waals surface area contributed by atoms with Crippen molar-refractivity contribution in [2.45, 2.75) is 115 Å². The number of unbranched alkanes of at least 4 members (excludes halogenated alkanes) is 9. The van der Waals surface area contributed by atoms with Gasteiger partial charge in [0.2, 0.25) is 5.91 Å². The van der Waals surface area contributed by atoms with Gasteiger partial charge in [-0.25, -0.2) is 0 Å². The minimum absolute atomic E-state index is 0.123. The molecule has 1 unspecified atom stereocenters. The van der Waals surface area contributed by atoms with Crippen molar-refractivity contribution in [3.05, 3.63) is 24.3 Å². The minimum atomic E-state index is -5.30. The lowest BCUT2D eigenvalue weighted by molar-refractivity contribution is -0.191. The summed E-state index contributed by atoms with van der Waals surface area (Å²) >= 11 is 4.02. The quantitative estimate of drug-likeness (QED) is 0.0719. The zero-order chi connectivity index (χ0) is 29.7. The van der Waals surface area contributed by atoms with Crippen LogP contribution in [0.5, 0.6) is 0 Å². The van der Waals surface area contributed by atoms with Gasteiger partial charge in [-0.1, -0.05) is 95.9 Å². The molecule has 39 heavy (non-hydrogen) atoms. The summed E-state index contributed by atoms with van der Waals surface area (Å²) in [6.07, 6.45) is 11.2. The molecule has 0 radical (unpaired) electrons.